The van der Waals surface area contributed by atoms with Gasteiger partial charge in [-0.3, -0.25) is 14.9 Å². The lowest BCUT2D eigenvalue weighted by Crippen LogP contribution is -2.23. The molecule has 0 aliphatic carbocycles. The van der Waals surface area contributed by atoms with E-state index in [0.717, 1.165) is 16.9 Å². The minimum Gasteiger partial charge on any atom is -0.338 e. The molecule has 0 unspecified atom stereocenters. The summed E-state index contributed by atoms with van der Waals surface area (Å²) in [5.74, 6) is -0.144. The third kappa shape index (κ3) is 4.25. The summed E-state index contributed by atoms with van der Waals surface area (Å²) in [6, 6.07) is 12.7. The Balaban J connectivity index is 1.96. The highest BCUT2D eigenvalue weighted by Gasteiger charge is 2.09. The molecule has 2 aromatic rings. The van der Waals surface area contributed by atoms with Gasteiger partial charge < -0.3 is 4.90 Å². The normalized spacial score (nSPS) is 10.7. The fourth-order valence-electron chi connectivity index (χ4n) is 1.75. The zero-order valence-electron chi connectivity index (χ0n) is 11.4. The fourth-order valence-corrected chi connectivity index (χ4v) is 2.47. The highest BCUT2D eigenvalue weighted by Crippen LogP contribution is 2.24. The van der Waals surface area contributed by atoms with Crippen LogP contribution in [0.25, 0.3) is 6.08 Å². The second-order valence-corrected chi connectivity index (χ2v) is 5.54. The predicted octanol–water partition coefficient (Wildman–Crippen LogP) is 3.33. The van der Waals surface area contributed by atoms with E-state index in [-0.39, 0.29) is 10.9 Å². The van der Waals surface area contributed by atoms with E-state index in [1.165, 1.54) is 12.1 Å². The van der Waals surface area contributed by atoms with Gasteiger partial charge in [0.2, 0.25) is 5.91 Å². The van der Waals surface area contributed by atoms with Crippen LogP contribution in [0, 0.1) is 10.1 Å². The largest absolute Gasteiger partial charge is 0.338 e. The van der Waals surface area contributed by atoms with Gasteiger partial charge in [0.1, 0.15) is 0 Å². The maximum Gasteiger partial charge on any atom is 0.324 e. The molecule has 21 heavy (non-hydrogen) atoms. The SMILES string of the molecule is CN(Cc1ccccc1)C(=O)/C=C/c1ccc([N+](=O)[O-])s1. The molecule has 1 amide bonds. The van der Waals surface area contributed by atoms with Gasteiger partial charge in [-0.25, -0.2) is 0 Å². The van der Waals surface area contributed by atoms with Crippen LogP contribution >= 0.6 is 11.3 Å². The summed E-state index contributed by atoms with van der Waals surface area (Å²) in [6.07, 6.45) is 3.03. The van der Waals surface area contributed by atoms with Crippen LogP contribution in [-0.4, -0.2) is 22.8 Å². The Bertz CT molecular complexity index is 665. The van der Waals surface area contributed by atoms with Crippen LogP contribution in [-0.2, 0) is 11.3 Å². The quantitative estimate of drug-likeness (QED) is 0.483. The summed E-state index contributed by atoms with van der Waals surface area (Å²) in [6.45, 7) is 0.522. The third-order valence-corrected chi connectivity index (χ3v) is 3.82. The van der Waals surface area contributed by atoms with Gasteiger partial charge in [0, 0.05) is 30.6 Å². The number of thiophene rings is 1. The van der Waals surface area contributed by atoms with E-state index in [2.05, 4.69) is 0 Å². The van der Waals surface area contributed by atoms with Crippen molar-refractivity contribution in [2.24, 2.45) is 0 Å². The van der Waals surface area contributed by atoms with Gasteiger partial charge in [-0.05, 0) is 17.7 Å². The maximum atomic E-state index is 12.0. The molecular formula is C15H14N2O3S. The number of hydrogen-bond acceptors (Lipinski definition) is 4. The molecule has 5 nitrogen and oxygen atoms in total. The third-order valence-electron chi connectivity index (χ3n) is 2.82. The summed E-state index contributed by atoms with van der Waals surface area (Å²) in [5.41, 5.74) is 1.05. The molecular weight excluding hydrogens is 288 g/mol. The molecule has 2 rings (SSSR count). The highest BCUT2D eigenvalue weighted by molar-refractivity contribution is 7.16. The molecule has 0 saturated carbocycles. The minimum atomic E-state index is -0.439. The van der Waals surface area contributed by atoms with Crippen LogP contribution in [0.5, 0.6) is 0 Å². The van der Waals surface area contributed by atoms with Crippen molar-refractivity contribution in [2.75, 3.05) is 7.05 Å². The number of benzene rings is 1. The molecule has 0 spiro atoms. The molecule has 108 valence electrons. The van der Waals surface area contributed by atoms with E-state index in [1.54, 1.807) is 24.1 Å². The van der Waals surface area contributed by atoms with Crippen LogP contribution in [0.2, 0.25) is 0 Å². The first-order valence-corrected chi connectivity index (χ1v) is 7.09. The van der Waals surface area contributed by atoms with Crippen LogP contribution in [0.3, 0.4) is 0 Å². The number of nitro groups is 1. The fraction of sp³-hybridized carbons (Fsp3) is 0.133. The molecule has 1 aromatic heterocycles. The van der Waals surface area contributed by atoms with Gasteiger partial charge in [0.25, 0.3) is 0 Å². The summed E-state index contributed by atoms with van der Waals surface area (Å²) < 4.78 is 0. The lowest BCUT2D eigenvalue weighted by Gasteiger charge is -2.14. The monoisotopic (exact) mass is 302 g/mol. The van der Waals surface area contributed by atoms with Gasteiger partial charge >= 0.3 is 5.00 Å². The smallest absolute Gasteiger partial charge is 0.324 e. The molecule has 0 aliphatic rings. The lowest BCUT2D eigenvalue weighted by molar-refractivity contribution is -0.380. The van der Waals surface area contributed by atoms with E-state index >= 15 is 0 Å². The average Bonchev–Trinajstić information content (AvgIpc) is 2.95. The molecule has 0 radical (unpaired) electrons. The first-order valence-electron chi connectivity index (χ1n) is 6.27. The molecule has 0 bridgehead atoms. The van der Waals surface area contributed by atoms with E-state index < -0.39 is 4.92 Å². The first-order chi connectivity index (χ1) is 10.1. The lowest BCUT2D eigenvalue weighted by atomic mass is 10.2. The number of rotatable bonds is 5. The Labute approximate surface area is 126 Å². The van der Waals surface area contributed by atoms with Crippen molar-refractivity contribution >= 4 is 28.3 Å². The zero-order chi connectivity index (χ0) is 15.2. The van der Waals surface area contributed by atoms with Crippen LogP contribution < -0.4 is 0 Å². The van der Waals surface area contributed by atoms with Gasteiger partial charge in [0.05, 0.1) is 4.92 Å². The van der Waals surface area contributed by atoms with E-state index in [4.69, 9.17) is 0 Å². The summed E-state index contributed by atoms with van der Waals surface area (Å²) in [5, 5.41) is 10.6. The maximum absolute atomic E-state index is 12.0. The van der Waals surface area contributed by atoms with Crippen molar-refractivity contribution in [1.82, 2.24) is 4.90 Å². The molecule has 0 saturated heterocycles. The molecule has 0 aliphatic heterocycles. The minimum absolute atomic E-state index is 0.0692. The van der Waals surface area contributed by atoms with Crippen molar-refractivity contribution in [1.29, 1.82) is 0 Å². The number of likely N-dealkylation sites (N-methyl/N-ethyl adjacent to an activating group) is 1. The Kier molecular flexibility index (Phi) is 4.84. The number of amides is 1. The van der Waals surface area contributed by atoms with Crippen LogP contribution in [0.15, 0.2) is 48.5 Å². The predicted molar refractivity (Wildman–Crippen MR) is 82.9 cm³/mol. The number of carbonyl (C=O) groups excluding carboxylic acids is 1. The highest BCUT2D eigenvalue weighted by atomic mass is 32.1. The molecule has 6 heteroatoms. The van der Waals surface area contributed by atoms with Gasteiger partial charge in [0.15, 0.2) is 0 Å². The molecule has 1 aromatic carbocycles. The van der Waals surface area contributed by atoms with E-state index in [1.807, 2.05) is 30.3 Å². The van der Waals surface area contributed by atoms with Crippen molar-refractivity contribution in [3.8, 4) is 0 Å². The first kappa shape index (κ1) is 14.9. The van der Waals surface area contributed by atoms with Crippen molar-refractivity contribution in [3.63, 3.8) is 0 Å². The van der Waals surface area contributed by atoms with Crippen molar-refractivity contribution in [2.45, 2.75) is 6.54 Å². The Morgan fingerprint density at radius 2 is 2.00 bits per heavy atom. The summed E-state index contributed by atoms with van der Waals surface area (Å²) in [4.78, 5) is 24.4. The Hall–Kier alpha value is -2.47. The molecule has 0 atom stereocenters. The average molecular weight is 302 g/mol. The van der Waals surface area contributed by atoms with Crippen molar-refractivity contribution < 1.29 is 9.72 Å². The standard InChI is InChI=1S/C15H14N2O3S/c1-16(11-12-5-3-2-4-6-12)14(18)9-7-13-8-10-15(21-13)17(19)20/h2-10H,11H2,1H3/b9-7+. The van der Waals surface area contributed by atoms with Crippen LogP contribution in [0.1, 0.15) is 10.4 Å². The Morgan fingerprint density at radius 3 is 2.62 bits per heavy atom. The number of carbonyl (C=O) groups is 1. The topological polar surface area (TPSA) is 63.5 Å². The van der Waals surface area contributed by atoms with Crippen LogP contribution in [0.4, 0.5) is 5.00 Å². The summed E-state index contributed by atoms with van der Waals surface area (Å²) >= 11 is 1.04. The molecule has 0 fully saturated rings. The van der Waals surface area contributed by atoms with Gasteiger partial charge in [-0.15, -0.1) is 0 Å². The van der Waals surface area contributed by atoms with Crippen molar-refractivity contribution in [3.05, 3.63) is 69.1 Å². The number of nitrogens with zero attached hydrogens (tertiary/aromatic N) is 2. The van der Waals surface area contributed by atoms with E-state index in [0.29, 0.717) is 11.4 Å². The van der Waals surface area contributed by atoms with Gasteiger partial charge in [-0.2, -0.15) is 0 Å². The van der Waals surface area contributed by atoms with Gasteiger partial charge in [-0.1, -0.05) is 41.7 Å². The van der Waals surface area contributed by atoms with E-state index in [9.17, 15) is 14.9 Å². The zero-order valence-corrected chi connectivity index (χ0v) is 12.2. The molecule has 1 heterocycles. The Morgan fingerprint density at radius 1 is 1.29 bits per heavy atom. The second-order valence-electron chi connectivity index (χ2n) is 4.45. The summed E-state index contributed by atoms with van der Waals surface area (Å²) in [7, 11) is 1.72. The molecule has 0 N–H and O–H groups in total. The number of hydrogen-bond donors (Lipinski definition) is 0. The second kappa shape index (κ2) is 6.81.